The highest BCUT2D eigenvalue weighted by atomic mass is 31.2. The van der Waals surface area contributed by atoms with Gasteiger partial charge in [-0.25, -0.2) is 4.57 Å². The topological polar surface area (TPSA) is 74.2 Å². The second-order valence-electron chi connectivity index (χ2n) is 13.8. The van der Waals surface area contributed by atoms with Gasteiger partial charge in [0, 0.05) is 5.56 Å². The highest BCUT2D eigenvalue weighted by Crippen LogP contribution is 2.67. The molecule has 0 unspecified atom stereocenters. The van der Waals surface area contributed by atoms with E-state index in [1.54, 1.807) is 6.07 Å². The summed E-state index contributed by atoms with van der Waals surface area (Å²) in [7, 11) is -5.93. The van der Waals surface area contributed by atoms with E-state index in [1.165, 1.54) is 31.2 Å². The molecule has 5 aromatic carbocycles. The van der Waals surface area contributed by atoms with Crippen molar-refractivity contribution in [1.82, 2.24) is 0 Å². The lowest BCUT2D eigenvalue weighted by atomic mass is 9.71. The Kier molecular flexibility index (Phi) is 10.2. The van der Waals surface area contributed by atoms with Gasteiger partial charge in [0.05, 0.1) is 22.3 Å². The summed E-state index contributed by atoms with van der Waals surface area (Å²) in [5.41, 5.74) is -12.0. The van der Waals surface area contributed by atoms with Gasteiger partial charge in [0.1, 0.15) is 12.2 Å². The maximum absolute atomic E-state index is 14.6. The summed E-state index contributed by atoms with van der Waals surface area (Å²) in [5.74, 6) is -2.05. The van der Waals surface area contributed by atoms with Crippen LogP contribution in [0.3, 0.4) is 0 Å². The molecule has 2 fully saturated rings. The zero-order valence-corrected chi connectivity index (χ0v) is 30.6. The van der Waals surface area contributed by atoms with E-state index in [0.29, 0.717) is 48.5 Å². The first-order valence-corrected chi connectivity index (χ1v) is 18.7. The molecule has 2 saturated heterocycles. The summed E-state index contributed by atoms with van der Waals surface area (Å²) in [5, 5.41) is 0. The highest BCUT2D eigenvalue weighted by molar-refractivity contribution is 7.47. The number of hydrogen-bond donors (Lipinski definition) is 1. The van der Waals surface area contributed by atoms with E-state index in [2.05, 4.69) is 0 Å². The number of alkyl halides is 12. The van der Waals surface area contributed by atoms with Crippen molar-refractivity contribution in [2.45, 2.75) is 60.8 Å². The molecule has 7 rings (SSSR count). The molecule has 0 saturated carbocycles. The van der Waals surface area contributed by atoms with Crippen molar-refractivity contribution in [3.05, 3.63) is 177 Å². The Balaban J connectivity index is 1.60. The van der Waals surface area contributed by atoms with Gasteiger partial charge in [0.2, 0.25) is 0 Å². The Morgan fingerprint density at radius 2 is 0.695 bits per heavy atom. The summed E-state index contributed by atoms with van der Waals surface area (Å²) in [6.45, 7) is 1.32. The molecule has 2 heterocycles. The molecule has 0 amide bonds. The van der Waals surface area contributed by atoms with Gasteiger partial charge >= 0.3 is 32.5 Å². The van der Waals surface area contributed by atoms with Gasteiger partial charge in [-0.2, -0.15) is 52.7 Å². The average Bonchev–Trinajstić information content (AvgIpc) is 3.51. The molecule has 5 aromatic rings. The van der Waals surface area contributed by atoms with Crippen LogP contribution in [0.2, 0.25) is 0 Å². The van der Waals surface area contributed by atoms with Gasteiger partial charge in [-0.15, -0.1) is 0 Å². The third kappa shape index (κ3) is 7.66. The normalized spacial score (nSPS) is 21.4. The third-order valence-electron chi connectivity index (χ3n) is 10.2. The number of ether oxygens (including phenoxy) is 2. The maximum Gasteiger partial charge on any atom is 0.474 e. The molecule has 0 radical (unpaired) electrons. The van der Waals surface area contributed by atoms with Crippen LogP contribution in [0.25, 0.3) is 0 Å². The van der Waals surface area contributed by atoms with Crippen molar-refractivity contribution < 1.29 is 80.7 Å². The Morgan fingerprint density at radius 1 is 0.441 bits per heavy atom. The standard InChI is InChI=1S/C40H27F12O6P/c1-34(23-5-3-2-4-6-23)55-32-33(56-34)36(26-11-19-30(20-12-26)39(47,48)49,27-13-21-31(22-14-27)40(50,51)52)58-59(53,54)57-35(32,24-7-15-28(16-8-24)37(41,42)43)25-9-17-29(18-10-25)38(44,45)46/h2-22,32-33H,1H3,(H,53,54)/t32-,33-/m1/s1. The molecule has 6 nitrogen and oxygen atoms in total. The molecule has 0 bridgehead atoms. The van der Waals surface area contributed by atoms with E-state index in [1.807, 2.05) is 0 Å². The Hall–Kier alpha value is -4.71. The molecule has 59 heavy (non-hydrogen) atoms. The summed E-state index contributed by atoms with van der Waals surface area (Å²) >= 11 is 0. The minimum atomic E-state index is -5.93. The molecule has 0 aromatic heterocycles. The third-order valence-corrected chi connectivity index (χ3v) is 11.2. The summed E-state index contributed by atoms with van der Waals surface area (Å²) in [6, 6.07) is 18.5. The second-order valence-corrected chi connectivity index (χ2v) is 15.1. The van der Waals surface area contributed by atoms with Crippen LogP contribution in [-0.4, -0.2) is 17.1 Å². The van der Waals surface area contributed by atoms with Gasteiger partial charge in [-0.1, -0.05) is 78.9 Å². The van der Waals surface area contributed by atoms with E-state index >= 15 is 0 Å². The zero-order chi connectivity index (χ0) is 43.0. The molecule has 19 heteroatoms. The fraction of sp³-hybridized carbons (Fsp3) is 0.250. The van der Waals surface area contributed by atoms with Gasteiger partial charge in [0.25, 0.3) is 0 Å². The SMILES string of the molecule is CC1(c2ccccc2)O[C@@H]2[C@@H](O1)C(c1ccc(C(F)(F)F)cc1)(c1ccc(C(F)(F)F)cc1)OP(=O)(O)OC2(c1ccc(C(F)(F)F)cc1)c1ccc(C(F)(F)F)cc1. The molecule has 2 aliphatic heterocycles. The maximum atomic E-state index is 14.6. The second kappa shape index (κ2) is 14.2. The number of fused-ring (bicyclic) bond motifs is 1. The van der Waals surface area contributed by atoms with Gasteiger partial charge in [0.15, 0.2) is 17.0 Å². The van der Waals surface area contributed by atoms with E-state index in [4.69, 9.17) is 18.5 Å². The van der Waals surface area contributed by atoms with Crippen molar-refractivity contribution in [1.29, 1.82) is 0 Å². The quantitative estimate of drug-likeness (QED) is 0.140. The number of hydrogen-bond acceptors (Lipinski definition) is 5. The van der Waals surface area contributed by atoms with Crippen molar-refractivity contribution in [2.75, 3.05) is 0 Å². The van der Waals surface area contributed by atoms with Crippen molar-refractivity contribution in [3.8, 4) is 0 Å². The lowest BCUT2D eigenvalue weighted by molar-refractivity contribution is -0.198. The lowest BCUT2D eigenvalue weighted by Gasteiger charge is -2.41. The lowest BCUT2D eigenvalue weighted by Crippen LogP contribution is -2.53. The van der Waals surface area contributed by atoms with Crippen LogP contribution in [0.1, 0.15) is 57.0 Å². The molecule has 2 atom stereocenters. The van der Waals surface area contributed by atoms with Crippen LogP contribution in [-0.2, 0) is 64.8 Å². The van der Waals surface area contributed by atoms with Gasteiger partial charge in [-0.05, 0) is 77.7 Å². The first-order valence-electron chi connectivity index (χ1n) is 17.2. The molecular weight excluding hydrogens is 835 g/mol. The largest absolute Gasteiger partial charge is 0.474 e. The zero-order valence-electron chi connectivity index (χ0n) is 29.8. The van der Waals surface area contributed by atoms with Crippen molar-refractivity contribution in [3.63, 3.8) is 0 Å². The predicted molar refractivity (Wildman–Crippen MR) is 183 cm³/mol. The van der Waals surface area contributed by atoms with E-state index in [-0.39, 0.29) is 5.56 Å². The predicted octanol–water partition coefficient (Wildman–Crippen LogP) is 11.8. The first kappa shape index (κ1) is 42.4. The number of phosphoric acid groups is 1. The molecule has 2 aliphatic rings. The van der Waals surface area contributed by atoms with E-state index in [0.717, 1.165) is 48.5 Å². The van der Waals surface area contributed by atoms with Crippen LogP contribution in [0.4, 0.5) is 52.7 Å². The first-order chi connectivity index (χ1) is 27.3. The fourth-order valence-electron chi connectivity index (χ4n) is 7.42. The monoisotopic (exact) mass is 862 g/mol. The van der Waals surface area contributed by atoms with Crippen LogP contribution in [0.5, 0.6) is 0 Å². The van der Waals surface area contributed by atoms with Gasteiger partial charge in [-0.3, -0.25) is 9.05 Å². The minimum Gasteiger partial charge on any atom is -0.336 e. The van der Waals surface area contributed by atoms with Crippen LogP contribution in [0.15, 0.2) is 127 Å². The molecule has 0 spiro atoms. The van der Waals surface area contributed by atoms with Crippen LogP contribution in [0, 0.1) is 0 Å². The van der Waals surface area contributed by atoms with Crippen LogP contribution < -0.4 is 0 Å². The van der Waals surface area contributed by atoms with Crippen molar-refractivity contribution >= 4 is 7.82 Å². The number of benzene rings is 5. The van der Waals surface area contributed by atoms with Gasteiger partial charge < -0.3 is 14.4 Å². The Bertz CT molecular complexity index is 2090. The molecular formula is C40H27F12O6P. The Labute approximate surface area is 326 Å². The van der Waals surface area contributed by atoms with E-state index in [9.17, 15) is 62.1 Å². The molecule has 1 N–H and O–H groups in total. The minimum absolute atomic E-state index is 0.197. The smallest absolute Gasteiger partial charge is 0.336 e. The van der Waals surface area contributed by atoms with Crippen molar-refractivity contribution in [2.24, 2.45) is 0 Å². The number of halogens is 12. The highest BCUT2D eigenvalue weighted by Gasteiger charge is 2.70. The molecule has 0 aliphatic carbocycles. The summed E-state index contributed by atoms with van der Waals surface area (Å²) < 4.78 is 206. The average molecular weight is 863 g/mol. The van der Waals surface area contributed by atoms with Crippen LogP contribution >= 0.6 is 7.82 Å². The molecule has 312 valence electrons. The van der Waals surface area contributed by atoms with E-state index < -0.39 is 106 Å². The summed E-state index contributed by atoms with van der Waals surface area (Å²) in [6.07, 6.45) is -23.8. The Morgan fingerprint density at radius 3 is 0.932 bits per heavy atom. The fourth-order valence-corrected chi connectivity index (χ4v) is 8.81. The number of phosphoric ester groups is 1. The number of rotatable bonds is 5. The summed E-state index contributed by atoms with van der Waals surface area (Å²) in [4.78, 5) is 11.8.